The van der Waals surface area contributed by atoms with Crippen LogP contribution in [0.4, 0.5) is 17.2 Å². The van der Waals surface area contributed by atoms with Gasteiger partial charge in [-0.15, -0.1) is 0 Å². The second kappa shape index (κ2) is 7.55. The number of carbonyl (C=O) groups excluding carboxylic acids is 1. The van der Waals surface area contributed by atoms with Crippen molar-refractivity contribution in [2.75, 3.05) is 25.0 Å². The lowest BCUT2D eigenvalue weighted by Gasteiger charge is -2.14. The molecule has 11 heteroatoms. The fourth-order valence-electron chi connectivity index (χ4n) is 3.03. The second-order valence-corrected chi connectivity index (χ2v) is 6.13. The number of fused-ring (bicyclic) bond motifs is 1. The van der Waals surface area contributed by atoms with E-state index >= 15 is 0 Å². The highest BCUT2D eigenvalue weighted by molar-refractivity contribution is 6.12. The summed E-state index contributed by atoms with van der Waals surface area (Å²) in [5.74, 6) is 0.933. The Morgan fingerprint density at radius 2 is 1.96 bits per heavy atom. The molecule has 148 valence electrons. The molecule has 2 N–H and O–H groups in total. The number of benzene rings is 1. The van der Waals surface area contributed by atoms with Crippen molar-refractivity contribution in [3.8, 4) is 11.5 Å². The monoisotopic (exact) mass is 388 g/mol. The van der Waals surface area contributed by atoms with Gasteiger partial charge in [-0.25, -0.2) is 4.68 Å². The van der Waals surface area contributed by atoms with Gasteiger partial charge in [-0.2, -0.15) is 10.2 Å². The third-order valence-electron chi connectivity index (χ3n) is 4.37. The van der Waals surface area contributed by atoms with Gasteiger partial charge in [-0.1, -0.05) is 0 Å². The van der Waals surface area contributed by atoms with E-state index in [1.165, 1.54) is 18.9 Å². The number of nitrogens with zero attached hydrogens (tertiary/aromatic N) is 4. The summed E-state index contributed by atoms with van der Waals surface area (Å²) in [6.07, 6.45) is 0.554. The maximum Gasteiger partial charge on any atom is 0.335 e. The van der Waals surface area contributed by atoms with Crippen molar-refractivity contribution in [3.63, 3.8) is 0 Å². The van der Waals surface area contributed by atoms with Gasteiger partial charge in [0, 0.05) is 31.5 Å². The van der Waals surface area contributed by atoms with Crippen LogP contribution < -0.4 is 20.2 Å². The highest BCUT2D eigenvalue weighted by Crippen LogP contribution is 2.36. The minimum atomic E-state index is -0.509. The van der Waals surface area contributed by atoms with Gasteiger partial charge in [0.25, 0.3) is 0 Å². The zero-order valence-electron chi connectivity index (χ0n) is 15.9. The summed E-state index contributed by atoms with van der Waals surface area (Å²) < 4.78 is 12.0. The molecule has 2 heterocycles. The lowest BCUT2D eigenvalue weighted by molar-refractivity contribution is -0.384. The van der Waals surface area contributed by atoms with Gasteiger partial charge in [0.05, 0.1) is 30.5 Å². The van der Waals surface area contributed by atoms with Gasteiger partial charge in [-0.3, -0.25) is 20.3 Å². The Hall–Kier alpha value is -3.63. The van der Waals surface area contributed by atoms with E-state index in [0.29, 0.717) is 34.9 Å². The minimum absolute atomic E-state index is 0.151. The molecule has 0 spiro atoms. The van der Waals surface area contributed by atoms with Crippen molar-refractivity contribution in [1.82, 2.24) is 9.78 Å². The summed E-state index contributed by atoms with van der Waals surface area (Å²) in [6.45, 7) is 1.55. The number of ether oxygens (including phenoxy) is 2. The summed E-state index contributed by atoms with van der Waals surface area (Å²) in [5.41, 5.74) is 4.57. The van der Waals surface area contributed by atoms with E-state index < -0.39 is 4.92 Å². The Kier molecular flexibility index (Phi) is 5.16. The van der Waals surface area contributed by atoms with Crippen LogP contribution in [0.5, 0.6) is 11.5 Å². The van der Waals surface area contributed by atoms with Gasteiger partial charge in [0.2, 0.25) is 11.7 Å². The SMILES string of the molecule is COc1cc2c(cc1OC)C(=NNc1c([N+](=O)[O-])c(C)nn1C)CCC(=O)N2. The van der Waals surface area contributed by atoms with Crippen LogP contribution in [-0.4, -0.2) is 40.5 Å². The number of methoxy groups -OCH3 is 2. The molecule has 2 aromatic rings. The molecule has 1 aliphatic heterocycles. The van der Waals surface area contributed by atoms with Crippen molar-refractivity contribution in [2.45, 2.75) is 19.8 Å². The van der Waals surface area contributed by atoms with Crippen LogP contribution in [0.25, 0.3) is 0 Å². The minimum Gasteiger partial charge on any atom is -0.493 e. The molecule has 1 aromatic carbocycles. The molecule has 28 heavy (non-hydrogen) atoms. The van der Waals surface area contributed by atoms with Crippen LogP contribution in [0.3, 0.4) is 0 Å². The largest absolute Gasteiger partial charge is 0.493 e. The Bertz CT molecular complexity index is 981. The molecule has 0 fully saturated rings. The molecule has 0 bridgehead atoms. The predicted octanol–water partition coefficient (Wildman–Crippen LogP) is 2.20. The van der Waals surface area contributed by atoms with Crippen LogP contribution in [0.2, 0.25) is 0 Å². The average Bonchev–Trinajstić information content (AvgIpc) is 2.85. The number of anilines is 2. The number of nitro groups is 1. The number of aromatic nitrogens is 2. The van der Waals surface area contributed by atoms with Crippen LogP contribution in [0.15, 0.2) is 17.2 Å². The average molecular weight is 388 g/mol. The normalized spacial score (nSPS) is 14.9. The third kappa shape index (κ3) is 3.46. The summed E-state index contributed by atoms with van der Waals surface area (Å²) in [6, 6.07) is 3.37. The lowest BCUT2D eigenvalue weighted by atomic mass is 10.0. The molecule has 1 amide bonds. The van der Waals surface area contributed by atoms with E-state index in [4.69, 9.17) is 9.47 Å². The van der Waals surface area contributed by atoms with Crippen molar-refractivity contribution in [1.29, 1.82) is 0 Å². The fourth-order valence-corrected chi connectivity index (χ4v) is 3.03. The zero-order valence-corrected chi connectivity index (χ0v) is 15.9. The number of rotatable bonds is 5. The third-order valence-corrected chi connectivity index (χ3v) is 4.37. The fraction of sp³-hybridized carbons (Fsp3) is 0.353. The quantitative estimate of drug-likeness (QED) is 0.592. The Morgan fingerprint density at radius 1 is 1.29 bits per heavy atom. The molecular weight excluding hydrogens is 368 g/mol. The van der Waals surface area contributed by atoms with Gasteiger partial charge in [-0.05, 0) is 13.0 Å². The van der Waals surface area contributed by atoms with Crippen molar-refractivity contribution in [2.24, 2.45) is 12.1 Å². The van der Waals surface area contributed by atoms with Crippen LogP contribution in [0.1, 0.15) is 24.1 Å². The molecule has 0 aliphatic carbocycles. The van der Waals surface area contributed by atoms with E-state index in [2.05, 4.69) is 20.9 Å². The molecular formula is C17H20N6O5. The van der Waals surface area contributed by atoms with Crippen LogP contribution in [0, 0.1) is 17.0 Å². The second-order valence-electron chi connectivity index (χ2n) is 6.13. The van der Waals surface area contributed by atoms with E-state index in [1.54, 1.807) is 26.1 Å². The number of hydrogen-bond acceptors (Lipinski definition) is 8. The predicted molar refractivity (Wildman–Crippen MR) is 102 cm³/mol. The Balaban J connectivity index is 2.06. The standard InChI is InChI=1S/C17H20N6O5/c1-9-16(23(25)26)17(22(2)21-9)20-19-11-5-6-15(24)18-12-8-14(28-4)13(27-3)7-10(11)12/h7-8,20H,5-6H2,1-4H3,(H,18,24). The van der Waals surface area contributed by atoms with E-state index in [0.717, 1.165) is 0 Å². The summed E-state index contributed by atoms with van der Waals surface area (Å²) in [5, 5.41) is 22.6. The topological polar surface area (TPSA) is 133 Å². The Labute approximate surface area is 160 Å². The van der Waals surface area contributed by atoms with Gasteiger partial charge in [0.1, 0.15) is 5.69 Å². The van der Waals surface area contributed by atoms with E-state index in [-0.39, 0.29) is 29.5 Å². The number of nitrogens with one attached hydrogen (secondary N) is 2. The number of aryl methyl sites for hydroxylation is 2. The zero-order chi connectivity index (χ0) is 20.4. The number of hydrazone groups is 1. The summed E-state index contributed by atoms with van der Waals surface area (Å²) >= 11 is 0. The molecule has 0 atom stereocenters. The maximum absolute atomic E-state index is 12.1. The summed E-state index contributed by atoms with van der Waals surface area (Å²) in [4.78, 5) is 22.9. The van der Waals surface area contributed by atoms with E-state index in [9.17, 15) is 14.9 Å². The van der Waals surface area contributed by atoms with Gasteiger partial charge >= 0.3 is 5.69 Å². The molecule has 1 aromatic heterocycles. The van der Waals surface area contributed by atoms with Gasteiger partial charge in [0.15, 0.2) is 11.5 Å². The Morgan fingerprint density at radius 3 is 2.61 bits per heavy atom. The molecule has 11 nitrogen and oxygen atoms in total. The molecule has 0 saturated carbocycles. The van der Waals surface area contributed by atoms with Gasteiger partial charge < -0.3 is 14.8 Å². The maximum atomic E-state index is 12.1. The van der Waals surface area contributed by atoms with E-state index in [1.807, 2.05) is 0 Å². The molecule has 1 aliphatic rings. The molecule has 0 radical (unpaired) electrons. The van der Waals surface area contributed by atoms with Crippen molar-refractivity contribution >= 4 is 28.8 Å². The highest BCUT2D eigenvalue weighted by Gasteiger charge is 2.25. The van der Waals surface area contributed by atoms with Crippen LogP contribution in [-0.2, 0) is 11.8 Å². The first-order valence-corrected chi connectivity index (χ1v) is 8.42. The highest BCUT2D eigenvalue weighted by atomic mass is 16.6. The first-order chi connectivity index (χ1) is 13.3. The molecule has 3 rings (SSSR count). The van der Waals surface area contributed by atoms with Crippen LogP contribution >= 0.6 is 0 Å². The lowest BCUT2D eigenvalue weighted by Crippen LogP contribution is -2.09. The first-order valence-electron chi connectivity index (χ1n) is 8.42. The summed E-state index contributed by atoms with van der Waals surface area (Å²) in [7, 11) is 4.60. The molecule has 0 unspecified atom stereocenters. The number of carbonyl (C=O) groups is 1. The number of amides is 1. The number of hydrogen-bond donors (Lipinski definition) is 2. The van der Waals surface area contributed by atoms with Crippen molar-refractivity contribution in [3.05, 3.63) is 33.5 Å². The van der Waals surface area contributed by atoms with Crippen molar-refractivity contribution < 1.29 is 19.2 Å². The first kappa shape index (κ1) is 19.1. The molecule has 0 saturated heterocycles. The smallest absolute Gasteiger partial charge is 0.335 e.